The van der Waals surface area contributed by atoms with Crippen molar-refractivity contribution in [2.24, 2.45) is 10.9 Å². The Labute approximate surface area is 124 Å². The number of nitrogens with zero attached hydrogens (tertiary/aromatic N) is 3. The van der Waals surface area contributed by atoms with E-state index in [4.69, 9.17) is 10.9 Å². The molecule has 1 heterocycles. The molecule has 8 heteroatoms. The Balaban J connectivity index is 2.37. The number of aromatic nitrogens is 1. The van der Waals surface area contributed by atoms with Crippen LogP contribution in [0.4, 0.5) is 5.69 Å². The maximum absolute atomic E-state index is 10.9. The fourth-order valence-corrected chi connectivity index (χ4v) is 2.39. The summed E-state index contributed by atoms with van der Waals surface area (Å²) >= 11 is 1.33. The minimum absolute atomic E-state index is 0.153. The molecule has 0 saturated carbocycles. The zero-order chi connectivity index (χ0) is 15.4. The van der Waals surface area contributed by atoms with Crippen LogP contribution in [0.1, 0.15) is 11.3 Å². The first kappa shape index (κ1) is 14.8. The largest absolute Gasteiger partial charge is 0.409 e. The van der Waals surface area contributed by atoms with Crippen molar-refractivity contribution in [3.05, 3.63) is 57.8 Å². The normalized spacial score (nSPS) is 11.4. The molecule has 0 spiro atoms. The molecule has 108 valence electrons. The van der Waals surface area contributed by atoms with E-state index >= 15 is 0 Å². The number of rotatable bonds is 4. The van der Waals surface area contributed by atoms with Crippen molar-refractivity contribution in [3.8, 4) is 0 Å². The molecule has 0 radical (unpaired) electrons. The van der Waals surface area contributed by atoms with Gasteiger partial charge in [0, 0.05) is 11.0 Å². The average Bonchev–Trinajstić information content (AvgIpc) is 2.48. The summed E-state index contributed by atoms with van der Waals surface area (Å²) < 4.78 is 0. The highest BCUT2D eigenvalue weighted by atomic mass is 32.2. The summed E-state index contributed by atoms with van der Waals surface area (Å²) in [4.78, 5) is 15.3. The number of oxime groups is 1. The maximum Gasteiger partial charge on any atom is 0.298 e. The van der Waals surface area contributed by atoms with E-state index in [2.05, 4.69) is 10.1 Å². The summed E-state index contributed by atoms with van der Waals surface area (Å²) in [5.74, 6) is -0.395. The van der Waals surface area contributed by atoms with Crippen LogP contribution < -0.4 is 5.73 Å². The molecule has 3 N–H and O–H groups in total. The third-order valence-corrected chi connectivity index (χ3v) is 3.58. The molecule has 2 rings (SSSR count). The van der Waals surface area contributed by atoms with Gasteiger partial charge in [-0.05, 0) is 25.1 Å². The predicted molar refractivity (Wildman–Crippen MR) is 78.7 cm³/mol. The second kappa shape index (κ2) is 6.23. The van der Waals surface area contributed by atoms with E-state index in [1.807, 2.05) is 31.2 Å². The summed E-state index contributed by atoms with van der Waals surface area (Å²) in [6, 6.07) is 10.6. The van der Waals surface area contributed by atoms with E-state index in [0.717, 1.165) is 10.5 Å². The van der Waals surface area contributed by atoms with Gasteiger partial charge in [0.2, 0.25) is 0 Å². The Morgan fingerprint density at radius 3 is 2.57 bits per heavy atom. The Morgan fingerprint density at radius 1 is 1.33 bits per heavy atom. The minimum atomic E-state index is -0.624. The lowest BCUT2D eigenvalue weighted by Crippen LogP contribution is -2.17. The van der Waals surface area contributed by atoms with Gasteiger partial charge in [-0.1, -0.05) is 34.6 Å². The molecule has 1 aromatic heterocycles. The van der Waals surface area contributed by atoms with Crippen LogP contribution in [0.15, 0.2) is 51.5 Å². The van der Waals surface area contributed by atoms with Gasteiger partial charge in [0.05, 0.1) is 4.92 Å². The van der Waals surface area contributed by atoms with Crippen molar-refractivity contribution >= 4 is 23.3 Å². The van der Waals surface area contributed by atoms with E-state index < -0.39 is 10.8 Å². The van der Waals surface area contributed by atoms with Gasteiger partial charge in [-0.15, -0.1) is 0 Å². The highest BCUT2D eigenvalue weighted by Crippen LogP contribution is 2.28. The number of aryl methyl sites for hydroxylation is 1. The van der Waals surface area contributed by atoms with Gasteiger partial charge in [-0.25, -0.2) is 4.98 Å². The Bertz CT molecular complexity index is 701. The van der Waals surface area contributed by atoms with Gasteiger partial charge < -0.3 is 10.9 Å². The summed E-state index contributed by atoms with van der Waals surface area (Å²) in [6.45, 7) is 1.98. The summed E-state index contributed by atoms with van der Waals surface area (Å²) in [5, 5.41) is 22.9. The standard InChI is InChI=1S/C13H12N4O3S/c1-8-2-4-9(5-3-8)21-11-7-6-10(17(19)20)12(15-11)13(14)16-18/h2-7,18H,1H3,(H2,14,16). The van der Waals surface area contributed by atoms with Crippen molar-refractivity contribution in [2.45, 2.75) is 16.8 Å². The number of hydrogen-bond acceptors (Lipinski definition) is 6. The second-order valence-corrected chi connectivity index (χ2v) is 5.27. The fraction of sp³-hybridized carbons (Fsp3) is 0.0769. The van der Waals surface area contributed by atoms with E-state index in [1.54, 1.807) is 0 Å². The molecule has 0 atom stereocenters. The molecule has 21 heavy (non-hydrogen) atoms. The Hall–Kier alpha value is -2.61. The SMILES string of the molecule is Cc1ccc(Sc2ccc([N+](=O)[O-])c(/C(N)=N/O)n2)cc1. The van der Waals surface area contributed by atoms with Gasteiger partial charge >= 0.3 is 0 Å². The smallest absolute Gasteiger partial charge is 0.298 e. The van der Waals surface area contributed by atoms with Crippen molar-refractivity contribution in [1.29, 1.82) is 0 Å². The molecule has 0 aliphatic rings. The summed E-state index contributed by atoms with van der Waals surface area (Å²) in [6.07, 6.45) is 0. The molecule has 0 aliphatic carbocycles. The van der Waals surface area contributed by atoms with E-state index in [-0.39, 0.29) is 11.4 Å². The number of pyridine rings is 1. The van der Waals surface area contributed by atoms with E-state index in [0.29, 0.717) is 5.03 Å². The van der Waals surface area contributed by atoms with Gasteiger partial charge in [0.15, 0.2) is 11.5 Å². The molecule has 0 amide bonds. The topological polar surface area (TPSA) is 115 Å². The van der Waals surface area contributed by atoms with Crippen LogP contribution in [-0.2, 0) is 0 Å². The fourth-order valence-electron chi connectivity index (χ4n) is 1.60. The van der Waals surface area contributed by atoms with Gasteiger partial charge in [-0.2, -0.15) is 0 Å². The molecule has 1 aromatic carbocycles. The first-order valence-electron chi connectivity index (χ1n) is 5.89. The quantitative estimate of drug-likeness (QED) is 0.295. The number of nitrogens with two attached hydrogens (primary N) is 1. The number of amidine groups is 1. The third-order valence-electron chi connectivity index (χ3n) is 2.64. The molecular formula is C13H12N4O3S. The average molecular weight is 304 g/mol. The van der Waals surface area contributed by atoms with Gasteiger partial charge in [-0.3, -0.25) is 10.1 Å². The Kier molecular flexibility index (Phi) is 4.39. The van der Waals surface area contributed by atoms with Crippen LogP contribution in [0.2, 0.25) is 0 Å². The maximum atomic E-state index is 10.9. The Morgan fingerprint density at radius 2 is 2.00 bits per heavy atom. The predicted octanol–water partition coefficient (Wildman–Crippen LogP) is 2.54. The first-order chi connectivity index (χ1) is 10.0. The van der Waals surface area contributed by atoms with Crippen LogP contribution in [0.25, 0.3) is 0 Å². The van der Waals surface area contributed by atoms with Crippen LogP contribution in [0.5, 0.6) is 0 Å². The lowest BCUT2D eigenvalue weighted by atomic mass is 10.2. The molecule has 2 aromatic rings. The molecule has 0 unspecified atom stereocenters. The van der Waals surface area contributed by atoms with Crippen LogP contribution in [-0.4, -0.2) is 21.0 Å². The zero-order valence-corrected chi connectivity index (χ0v) is 11.9. The van der Waals surface area contributed by atoms with Crippen molar-refractivity contribution in [2.75, 3.05) is 0 Å². The highest BCUT2D eigenvalue weighted by Gasteiger charge is 2.20. The van der Waals surface area contributed by atoms with Crippen molar-refractivity contribution in [1.82, 2.24) is 4.98 Å². The lowest BCUT2D eigenvalue weighted by Gasteiger charge is -2.05. The van der Waals surface area contributed by atoms with Crippen molar-refractivity contribution < 1.29 is 10.1 Å². The van der Waals surface area contributed by atoms with E-state index in [1.165, 1.54) is 23.9 Å². The molecule has 0 saturated heterocycles. The minimum Gasteiger partial charge on any atom is -0.409 e. The zero-order valence-electron chi connectivity index (χ0n) is 11.1. The molecule has 0 fully saturated rings. The summed E-state index contributed by atoms with van der Waals surface area (Å²) in [7, 11) is 0. The molecule has 0 bridgehead atoms. The molecule has 7 nitrogen and oxygen atoms in total. The third kappa shape index (κ3) is 3.48. The van der Waals surface area contributed by atoms with Gasteiger partial charge in [0.25, 0.3) is 5.69 Å². The van der Waals surface area contributed by atoms with Crippen LogP contribution in [0.3, 0.4) is 0 Å². The number of benzene rings is 1. The molecular weight excluding hydrogens is 292 g/mol. The second-order valence-electron chi connectivity index (χ2n) is 4.17. The van der Waals surface area contributed by atoms with Crippen LogP contribution in [0, 0.1) is 17.0 Å². The highest BCUT2D eigenvalue weighted by molar-refractivity contribution is 7.99. The first-order valence-corrected chi connectivity index (χ1v) is 6.71. The van der Waals surface area contributed by atoms with E-state index in [9.17, 15) is 10.1 Å². The van der Waals surface area contributed by atoms with Crippen molar-refractivity contribution in [3.63, 3.8) is 0 Å². The molecule has 0 aliphatic heterocycles. The van der Waals surface area contributed by atoms with Crippen LogP contribution >= 0.6 is 11.8 Å². The number of nitro groups is 1. The number of hydrogen-bond donors (Lipinski definition) is 2. The lowest BCUT2D eigenvalue weighted by molar-refractivity contribution is -0.385. The monoisotopic (exact) mass is 304 g/mol. The summed E-state index contributed by atoms with van der Waals surface area (Å²) in [5.41, 5.74) is 6.11. The van der Waals surface area contributed by atoms with Gasteiger partial charge in [0.1, 0.15) is 5.03 Å².